The summed E-state index contributed by atoms with van der Waals surface area (Å²) in [7, 11) is -3.22. The topological polar surface area (TPSA) is 74.8 Å². The van der Waals surface area contributed by atoms with Gasteiger partial charge in [-0.25, -0.2) is 13.2 Å². The molecule has 1 aliphatic rings. The van der Waals surface area contributed by atoms with Gasteiger partial charge in [0.05, 0.1) is 12.3 Å². The van der Waals surface area contributed by atoms with Crippen LogP contribution in [-0.2, 0) is 33.5 Å². The van der Waals surface area contributed by atoms with E-state index in [1.807, 2.05) is 30.3 Å². The highest BCUT2D eigenvalue weighted by Crippen LogP contribution is 2.24. The summed E-state index contributed by atoms with van der Waals surface area (Å²) in [6.07, 6.45) is 1.17. The summed E-state index contributed by atoms with van der Waals surface area (Å²) >= 11 is 0. The molecule has 0 bridgehead atoms. The second-order valence-electron chi connectivity index (χ2n) is 6.84. The third-order valence-corrected chi connectivity index (χ3v) is 5.46. The van der Waals surface area contributed by atoms with Crippen LogP contribution in [0.25, 0.3) is 0 Å². The molecule has 0 aromatic heterocycles. The minimum Gasteiger partial charge on any atom is -0.308 e. The first kappa shape index (κ1) is 19.1. The van der Waals surface area contributed by atoms with Gasteiger partial charge in [0.15, 0.2) is 9.84 Å². The Hall–Kier alpha value is -2.67. The van der Waals surface area contributed by atoms with Crippen LogP contribution in [0, 0.1) is 0 Å². The van der Waals surface area contributed by atoms with Crippen molar-refractivity contribution in [2.24, 2.45) is 0 Å². The minimum absolute atomic E-state index is 0.0684. The maximum Gasteiger partial charge on any atom is 0.328 e. The summed E-state index contributed by atoms with van der Waals surface area (Å²) in [6, 6.07) is 15.6. The van der Waals surface area contributed by atoms with Crippen molar-refractivity contribution in [3.8, 4) is 0 Å². The third kappa shape index (κ3) is 4.36. The maximum absolute atomic E-state index is 12.8. The molecule has 142 valence electrons. The Morgan fingerprint density at radius 2 is 1.48 bits per heavy atom. The molecule has 27 heavy (non-hydrogen) atoms. The Bertz CT molecular complexity index is 957. The molecule has 1 saturated heterocycles. The number of hydrogen-bond donors (Lipinski definition) is 0. The second kappa shape index (κ2) is 7.52. The van der Waals surface area contributed by atoms with Gasteiger partial charge < -0.3 is 4.90 Å². The van der Waals surface area contributed by atoms with Crippen molar-refractivity contribution in [2.75, 3.05) is 6.26 Å². The summed E-state index contributed by atoms with van der Waals surface area (Å²) in [5, 5.41) is 0. The number of carbonyl (C=O) groups is 2. The number of sulfone groups is 1. The molecule has 3 rings (SSSR count). The van der Waals surface area contributed by atoms with E-state index in [1.165, 1.54) is 16.1 Å². The van der Waals surface area contributed by atoms with E-state index in [0.717, 1.165) is 5.56 Å². The summed E-state index contributed by atoms with van der Waals surface area (Å²) in [4.78, 5) is 28.2. The average molecular weight is 386 g/mol. The molecule has 0 saturated carbocycles. The van der Waals surface area contributed by atoms with Gasteiger partial charge in [0, 0.05) is 12.8 Å². The van der Waals surface area contributed by atoms with Crippen LogP contribution < -0.4 is 0 Å². The van der Waals surface area contributed by atoms with E-state index in [-0.39, 0.29) is 24.2 Å². The van der Waals surface area contributed by atoms with Gasteiger partial charge in [-0.2, -0.15) is 0 Å². The molecule has 0 unspecified atom stereocenters. The Labute approximate surface area is 159 Å². The second-order valence-corrected chi connectivity index (χ2v) is 8.98. The molecule has 0 N–H and O–H groups in total. The first-order chi connectivity index (χ1) is 12.8. The van der Waals surface area contributed by atoms with E-state index in [0.29, 0.717) is 17.7 Å². The van der Waals surface area contributed by atoms with Gasteiger partial charge in [0.1, 0.15) is 6.04 Å². The molecule has 3 amide bonds. The predicted molar refractivity (Wildman–Crippen MR) is 102 cm³/mol. The van der Waals surface area contributed by atoms with Crippen LogP contribution in [0.5, 0.6) is 0 Å². The fraction of sp³-hybridized carbons (Fsp3) is 0.300. The Kier molecular flexibility index (Phi) is 5.32. The Morgan fingerprint density at radius 3 is 2.11 bits per heavy atom. The van der Waals surface area contributed by atoms with E-state index in [2.05, 4.69) is 0 Å². The van der Waals surface area contributed by atoms with Crippen LogP contribution in [0.1, 0.15) is 23.6 Å². The van der Waals surface area contributed by atoms with Crippen LogP contribution in [0.3, 0.4) is 0 Å². The molecule has 7 heteroatoms. The quantitative estimate of drug-likeness (QED) is 0.715. The van der Waals surface area contributed by atoms with Gasteiger partial charge in [-0.1, -0.05) is 54.6 Å². The maximum atomic E-state index is 12.8. The first-order valence-electron chi connectivity index (χ1n) is 8.66. The smallest absolute Gasteiger partial charge is 0.308 e. The summed E-state index contributed by atoms with van der Waals surface area (Å²) < 4.78 is 23.3. The number of amides is 3. The number of benzene rings is 2. The van der Waals surface area contributed by atoms with Crippen molar-refractivity contribution in [3.05, 3.63) is 71.3 Å². The van der Waals surface area contributed by atoms with Crippen molar-refractivity contribution in [3.63, 3.8) is 0 Å². The average Bonchev–Trinajstić information content (AvgIpc) is 2.81. The van der Waals surface area contributed by atoms with Crippen LogP contribution >= 0.6 is 0 Å². The SMILES string of the molecule is C[C@@H]1C(=O)N(Cc2ccccc2CS(C)(=O)=O)C(=O)N1Cc1ccccc1. The lowest BCUT2D eigenvalue weighted by Crippen LogP contribution is -2.33. The first-order valence-corrected chi connectivity index (χ1v) is 10.7. The van der Waals surface area contributed by atoms with Crippen LogP contribution in [-0.4, -0.2) is 42.5 Å². The van der Waals surface area contributed by atoms with Crippen LogP contribution in [0.4, 0.5) is 4.79 Å². The molecule has 2 aromatic rings. The lowest BCUT2D eigenvalue weighted by Gasteiger charge is -2.20. The number of urea groups is 1. The standard InChI is InChI=1S/C20H22N2O4S/c1-15-19(23)22(20(24)21(15)12-16-8-4-3-5-9-16)13-17-10-6-7-11-18(17)14-27(2,25)26/h3-11,15H,12-14H2,1-2H3/t15-/m1/s1. The lowest BCUT2D eigenvalue weighted by atomic mass is 10.1. The molecule has 6 nitrogen and oxygen atoms in total. The molecule has 1 atom stereocenters. The fourth-order valence-electron chi connectivity index (χ4n) is 3.21. The zero-order valence-electron chi connectivity index (χ0n) is 15.3. The zero-order valence-corrected chi connectivity index (χ0v) is 16.1. The number of nitrogens with zero attached hydrogens (tertiary/aromatic N) is 2. The van der Waals surface area contributed by atoms with Crippen molar-refractivity contribution < 1.29 is 18.0 Å². The summed E-state index contributed by atoms with van der Waals surface area (Å²) in [5.74, 6) is -0.395. The molecule has 1 fully saturated rings. The number of rotatable bonds is 6. The van der Waals surface area contributed by atoms with Gasteiger partial charge in [-0.15, -0.1) is 0 Å². The van der Waals surface area contributed by atoms with Crippen molar-refractivity contribution in [1.82, 2.24) is 9.80 Å². The Balaban J connectivity index is 1.82. The van der Waals surface area contributed by atoms with Gasteiger partial charge in [0.25, 0.3) is 5.91 Å². The fourth-order valence-corrected chi connectivity index (χ4v) is 4.06. The highest BCUT2D eigenvalue weighted by Gasteiger charge is 2.42. The van der Waals surface area contributed by atoms with Gasteiger partial charge in [-0.05, 0) is 23.6 Å². The molecule has 0 radical (unpaired) electrons. The van der Waals surface area contributed by atoms with Crippen molar-refractivity contribution >= 4 is 21.8 Å². The highest BCUT2D eigenvalue weighted by atomic mass is 32.2. The lowest BCUT2D eigenvalue weighted by molar-refractivity contribution is -0.128. The molecular weight excluding hydrogens is 364 g/mol. The van der Waals surface area contributed by atoms with E-state index in [4.69, 9.17) is 0 Å². The van der Waals surface area contributed by atoms with E-state index >= 15 is 0 Å². The van der Waals surface area contributed by atoms with Crippen LogP contribution in [0.15, 0.2) is 54.6 Å². The third-order valence-electron chi connectivity index (χ3n) is 4.63. The molecule has 0 aliphatic carbocycles. The molecular formula is C20H22N2O4S. The van der Waals surface area contributed by atoms with Crippen molar-refractivity contribution in [2.45, 2.75) is 31.8 Å². The minimum atomic E-state index is -3.22. The molecule has 1 aliphatic heterocycles. The molecule has 0 spiro atoms. The molecule has 2 aromatic carbocycles. The normalized spacial score (nSPS) is 17.6. The largest absolute Gasteiger partial charge is 0.328 e. The number of hydrogen-bond acceptors (Lipinski definition) is 4. The number of imide groups is 1. The van der Waals surface area contributed by atoms with Gasteiger partial charge >= 0.3 is 6.03 Å². The monoisotopic (exact) mass is 386 g/mol. The van der Waals surface area contributed by atoms with Gasteiger partial charge in [0.2, 0.25) is 0 Å². The summed E-state index contributed by atoms with van der Waals surface area (Å²) in [6.45, 7) is 2.14. The molecule has 1 heterocycles. The van der Waals surface area contributed by atoms with Gasteiger partial charge in [-0.3, -0.25) is 9.69 Å². The van der Waals surface area contributed by atoms with E-state index in [9.17, 15) is 18.0 Å². The number of carbonyl (C=O) groups excluding carboxylic acids is 2. The van der Waals surface area contributed by atoms with E-state index in [1.54, 1.807) is 31.2 Å². The zero-order chi connectivity index (χ0) is 19.6. The van der Waals surface area contributed by atoms with Crippen LogP contribution in [0.2, 0.25) is 0 Å². The predicted octanol–water partition coefficient (Wildman–Crippen LogP) is 2.58. The highest BCUT2D eigenvalue weighted by molar-refractivity contribution is 7.89. The Morgan fingerprint density at radius 1 is 0.889 bits per heavy atom. The van der Waals surface area contributed by atoms with E-state index < -0.39 is 15.9 Å². The van der Waals surface area contributed by atoms with Crippen molar-refractivity contribution in [1.29, 1.82) is 0 Å². The summed E-state index contributed by atoms with van der Waals surface area (Å²) in [5.41, 5.74) is 2.22.